The van der Waals surface area contributed by atoms with Crippen LogP contribution in [-0.4, -0.2) is 40.3 Å². The third-order valence-electron chi connectivity index (χ3n) is 3.04. The third-order valence-corrected chi connectivity index (χ3v) is 3.04. The van der Waals surface area contributed by atoms with E-state index in [0.717, 1.165) is 18.4 Å². The van der Waals surface area contributed by atoms with Crippen LogP contribution in [0.4, 0.5) is 4.79 Å². The maximum absolute atomic E-state index is 12.0. The standard InChI is InChI=1S/C13H19NO4/c1-13(2,3)18-12(17)14-7-9(8-4-5-8)6-10(14)11(15)16/h6,8,10H,4-5,7H2,1-3H3,(H,15,16)/t10-/m0/s1. The van der Waals surface area contributed by atoms with Crippen LogP contribution in [0.2, 0.25) is 0 Å². The van der Waals surface area contributed by atoms with Crippen LogP contribution in [0.25, 0.3) is 0 Å². The summed E-state index contributed by atoms with van der Waals surface area (Å²) < 4.78 is 5.24. The molecule has 0 aromatic carbocycles. The highest BCUT2D eigenvalue weighted by molar-refractivity contribution is 5.83. The van der Waals surface area contributed by atoms with E-state index < -0.39 is 23.7 Å². The van der Waals surface area contributed by atoms with Gasteiger partial charge in [0.15, 0.2) is 6.04 Å². The molecule has 5 heteroatoms. The number of ether oxygens (including phenoxy) is 1. The molecule has 2 aliphatic rings. The third kappa shape index (κ3) is 2.83. The van der Waals surface area contributed by atoms with Gasteiger partial charge in [-0.2, -0.15) is 0 Å². The second-order valence-corrected chi connectivity index (χ2v) is 5.91. The molecule has 1 N–H and O–H groups in total. The molecular formula is C13H19NO4. The summed E-state index contributed by atoms with van der Waals surface area (Å²) in [5, 5.41) is 9.16. The Morgan fingerprint density at radius 3 is 2.44 bits per heavy atom. The number of amides is 1. The maximum atomic E-state index is 12.0. The largest absolute Gasteiger partial charge is 0.479 e. The molecule has 1 atom stereocenters. The molecular weight excluding hydrogens is 234 g/mol. The van der Waals surface area contributed by atoms with Crippen LogP contribution in [0.1, 0.15) is 33.6 Å². The van der Waals surface area contributed by atoms with Crippen LogP contribution in [0, 0.1) is 5.92 Å². The van der Waals surface area contributed by atoms with Crippen molar-refractivity contribution in [2.75, 3.05) is 6.54 Å². The number of carbonyl (C=O) groups is 2. The second-order valence-electron chi connectivity index (χ2n) is 5.91. The molecule has 1 aliphatic heterocycles. The zero-order valence-corrected chi connectivity index (χ0v) is 11.0. The molecule has 5 nitrogen and oxygen atoms in total. The SMILES string of the molecule is CC(C)(C)OC(=O)N1CC(C2CC2)=C[C@H]1C(=O)O. The molecule has 1 amide bonds. The zero-order chi connectivity index (χ0) is 13.5. The van der Waals surface area contributed by atoms with E-state index in [0.29, 0.717) is 12.5 Å². The number of carbonyl (C=O) groups excluding carboxylic acids is 1. The van der Waals surface area contributed by atoms with E-state index in [-0.39, 0.29) is 0 Å². The van der Waals surface area contributed by atoms with Crippen LogP contribution < -0.4 is 0 Å². The lowest BCUT2D eigenvalue weighted by molar-refractivity contribution is -0.140. The minimum atomic E-state index is -1.00. The van der Waals surface area contributed by atoms with Gasteiger partial charge in [0.25, 0.3) is 0 Å². The van der Waals surface area contributed by atoms with Gasteiger partial charge in [-0.3, -0.25) is 4.90 Å². The van der Waals surface area contributed by atoms with Crippen molar-refractivity contribution in [2.45, 2.75) is 45.3 Å². The molecule has 0 radical (unpaired) electrons. The molecule has 18 heavy (non-hydrogen) atoms. The van der Waals surface area contributed by atoms with E-state index in [9.17, 15) is 9.59 Å². The smallest absolute Gasteiger partial charge is 0.411 e. The summed E-state index contributed by atoms with van der Waals surface area (Å²) in [5.74, 6) is -0.532. The first-order chi connectivity index (χ1) is 8.28. The molecule has 0 unspecified atom stereocenters. The predicted molar refractivity (Wildman–Crippen MR) is 65.2 cm³/mol. The van der Waals surface area contributed by atoms with Gasteiger partial charge >= 0.3 is 12.1 Å². The van der Waals surface area contributed by atoms with E-state index in [4.69, 9.17) is 9.84 Å². The number of aliphatic carboxylic acids is 1. The predicted octanol–water partition coefficient (Wildman–Crippen LogP) is 2.03. The quantitative estimate of drug-likeness (QED) is 0.765. The van der Waals surface area contributed by atoms with E-state index in [1.54, 1.807) is 26.8 Å². The number of hydrogen-bond donors (Lipinski definition) is 1. The van der Waals surface area contributed by atoms with E-state index >= 15 is 0 Å². The Morgan fingerprint density at radius 2 is 2.00 bits per heavy atom. The van der Waals surface area contributed by atoms with Crippen molar-refractivity contribution < 1.29 is 19.4 Å². The number of carboxylic acid groups (broad SMARTS) is 1. The van der Waals surface area contributed by atoms with Gasteiger partial charge in [0, 0.05) is 6.54 Å². The number of nitrogens with zero attached hydrogens (tertiary/aromatic N) is 1. The second kappa shape index (κ2) is 4.30. The Kier molecular flexibility index (Phi) is 3.09. The Labute approximate surface area is 106 Å². The maximum Gasteiger partial charge on any atom is 0.411 e. The van der Waals surface area contributed by atoms with E-state index in [2.05, 4.69) is 0 Å². The topological polar surface area (TPSA) is 66.8 Å². The first-order valence-electron chi connectivity index (χ1n) is 6.21. The highest BCUT2D eigenvalue weighted by Gasteiger charge is 2.40. The Morgan fingerprint density at radius 1 is 1.39 bits per heavy atom. The molecule has 0 aromatic rings. The minimum absolute atomic E-state index is 0.385. The van der Waals surface area contributed by atoms with Gasteiger partial charge in [-0.05, 0) is 51.2 Å². The normalized spacial score (nSPS) is 23.8. The van der Waals surface area contributed by atoms with Crippen molar-refractivity contribution in [3.05, 3.63) is 11.6 Å². The summed E-state index contributed by atoms with van der Waals surface area (Å²) in [5.41, 5.74) is 0.455. The van der Waals surface area contributed by atoms with Gasteiger partial charge in [0.2, 0.25) is 0 Å². The van der Waals surface area contributed by atoms with Gasteiger partial charge < -0.3 is 9.84 Å². The van der Waals surface area contributed by atoms with Crippen molar-refractivity contribution in [3.8, 4) is 0 Å². The fraction of sp³-hybridized carbons (Fsp3) is 0.692. The van der Waals surface area contributed by atoms with Crippen molar-refractivity contribution in [1.82, 2.24) is 4.90 Å². The summed E-state index contributed by atoms with van der Waals surface area (Å²) >= 11 is 0. The molecule has 0 saturated heterocycles. The zero-order valence-electron chi connectivity index (χ0n) is 11.0. The van der Waals surface area contributed by atoms with Crippen LogP contribution in [0.15, 0.2) is 11.6 Å². The van der Waals surface area contributed by atoms with Gasteiger partial charge in [-0.25, -0.2) is 9.59 Å². The molecule has 100 valence electrons. The van der Waals surface area contributed by atoms with Gasteiger partial charge in [0.1, 0.15) is 5.60 Å². The Balaban J connectivity index is 2.08. The first-order valence-corrected chi connectivity index (χ1v) is 6.21. The lowest BCUT2D eigenvalue weighted by Gasteiger charge is -2.27. The molecule has 1 fully saturated rings. The van der Waals surface area contributed by atoms with Crippen molar-refractivity contribution in [3.63, 3.8) is 0 Å². The van der Waals surface area contributed by atoms with Gasteiger partial charge in [0.05, 0.1) is 0 Å². The first kappa shape index (κ1) is 12.9. The summed E-state index contributed by atoms with van der Waals surface area (Å²) in [6.45, 7) is 5.69. The Hall–Kier alpha value is -1.52. The summed E-state index contributed by atoms with van der Waals surface area (Å²) in [7, 11) is 0. The summed E-state index contributed by atoms with van der Waals surface area (Å²) in [6.07, 6.45) is 3.34. The molecule has 0 spiro atoms. The van der Waals surface area contributed by atoms with Gasteiger partial charge in [-0.1, -0.05) is 0 Å². The average Bonchev–Trinajstić information content (AvgIpc) is 2.94. The fourth-order valence-corrected chi connectivity index (χ4v) is 2.06. The number of hydrogen-bond acceptors (Lipinski definition) is 3. The van der Waals surface area contributed by atoms with Crippen LogP contribution in [0.5, 0.6) is 0 Å². The fourth-order valence-electron chi connectivity index (χ4n) is 2.06. The van der Waals surface area contributed by atoms with Crippen LogP contribution in [-0.2, 0) is 9.53 Å². The van der Waals surface area contributed by atoms with E-state index in [1.165, 1.54) is 4.90 Å². The minimum Gasteiger partial charge on any atom is -0.479 e. The lowest BCUT2D eigenvalue weighted by atomic mass is 10.1. The lowest BCUT2D eigenvalue weighted by Crippen LogP contribution is -2.43. The highest BCUT2D eigenvalue weighted by Crippen LogP contribution is 2.39. The Bertz CT molecular complexity index is 404. The van der Waals surface area contributed by atoms with Crippen LogP contribution >= 0.6 is 0 Å². The molecule has 0 aromatic heterocycles. The molecule has 1 aliphatic carbocycles. The monoisotopic (exact) mass is 253 g/mol. The molecule has 2 rings (SSSR count). The molecule has 1 heterocycles. The molecule has 0 bridgehead atoms. The van der Waals surface area contributed by atoms with Crippen LogP contribution in [0.3, 0.4) is 0 Å². The van der Waals surface area contributed by atoms with Gasteiger partial charge in [-0.15, -0.1) is 0 Å². The average molecular weight is 253 g/mol. The van der Waals surface area contributed by atoms with Crippen molar-refractivity contribution >= 4 is 12.1 Å². The van der Waals surface area contributed by atoms with E-state index in [1.807, 2.05) is 0 Å². The van der Waals surface area contributed by atoms with Crippen molar-refractivity contribution in [1.29, 1.82) is 0 Å². The van der Waals surface area contributed by atoms with Crippen molar-refractivity contribution in [2.24, 2.45) is 5.92 Å². The number of carboxylic acids is 1. The summed E-state index contributed by atoms with van der Waals surface area (Å²) in [4.78, 5) is 24.4. The molecule has 1 saturated carbocycles. The summed E-state index contributed by atoms with van der Waals surface area (Å²) in [6, 6.07) is -0.879. The number of rotatable bonds is 2. The highest BCUT2D eigenvalue weighted by atomic mass is 16.6.